The van der Waals surface area contributed by atoms with Crippen LogP contribution in [-0.4, -0.2) is 37.5 Å². The first kappa shape index (κ1) is 13.9. The minimum atomic E-state index is 0.336. The van der Waals surface area contributed by atoms with Gasteiger partial charge in [0.05, 0.1) is 18.8 Å². The average molecular weight is 270 g/mol. The molecule has 1 aliphatic heterocycles. The second-order valence-corrected chi connectivity index (χ2v) is 5.54. The van der Waals surface area contributed by atoms with E-state index >= 15 is 0 Å². The van der Waals surface area contributed by atoms with Gasteiger partial charge in [0.15, 0.2) is 0 Å². The molecule has 0 bridgehead atoms. The van der Waals surface area contributed by atoms with Crippen LogP contribution in [0.15, 0.2) is 11.6 Å². The molecule has 2 unspecified atom stereocenters. The molecule has 1 saturated heterocycles. The highest BCUT2D eigenvalue weighted by Crippen LogP contribution is 2.14. The quantitative estimate of drug-likeness (QED) is 0.737. The van der Waals surface area contributed by atoms with E-state index in [1.165, 1.54) is 6.42 Å². The summed E-state index contributed by atoms with van der Waals surface area (Å²) in [5.41, 5.74) is 0. The number of nitrogens with zero attached hydrogens (tertiary/aromatic N) is 1. The van der Waals surface area contributed by atoms with Crippen molar-refractivity contribution in [1.82, 2.24) is 10.3 Å². The Kier molecular flexibility index (Phi) is 6.07. The first-order valence-electron chi connectivity index (χ1n) is 6.68. The Labute approximate surface area is 113 Å². The van der Waals surface area contributed by atoms with Gasteiger partial charge in [-0.05, 0) is 32.7 Å². The van der Waals surface area contributed by atoms with Gasteiger partial charge in [0.2, 0.25) is 0 Å². The van der Waals surface area contributed by atoms with Crippen LogP contribution >= 0.6 is 11.3 Å². The normalized spacial score (nSPS) is 21.3. The summed E-state index contributed by atoms with van der Waals surface area (Å²) in [6.45, 7) is 5.57. The number of hydrogen-bond donors (Lipinski definition) is 1. The standard InChI is InChI=1S/C13H22N2O2S/c1-11(13-15-6-9-18-13)14-5-3-7-16-10-12-4-2-8-17-12/h6,9,11-12,14H,2-5,7-8,10H2,1H3. The Morgan fingerprint density at radius 2 is 2.61 bits per heavy atom. The van der Waals surface area contributed by atoms with Crippen molar-refractivity contribution < 1.29 is 9.47 Å². The Morgan fingerprint density at radius 3 is 3.33 bits per heavy atom. The molecule has 1 aromatic rings. The molecular formula is C13H22N2O2S. The zero-order valence-electron chi connectivity index (χ0n) is 10.9. The van der Waals surface area contributed by atoms with Crippen LogP contribution in [0.1, 0.15) is 37.2 Å². The highest BCUT2D eigenvalue weighted by atomic mass is 32.1. The lowest BCUT2D eigenvalue weighted by Crippen LogP contribution is -2.21. The van der Waals surface area contributed by atoms with Gasteiger partial charge in [-0.3, -0.25) is 0 Å². The van der Waals surface area contributed by atoms with Gasteiger partial charge >= 0.3 is 0 Å². The Balaban J connectivity index is 1.46. The maximum atomic E-state index is 5.61. The van der Waals surface area contributed by atoms with Gasteiger partial charge in [-0.2, -0.15) is 0 Å². The van der Waals surface area contributed by atoms with E-state index < -0.39 is 0 Å². The predicted molar refractivity (Wildman–Crippen MR) is 72.9 cm³/mol. The summed E-state index contributed by atoms with van der Waals surface area (Å²) in [5, 5.41) is 6.61. The van der Waals surface area contributed by atoms with E-state index in [4.69, 9.17) is 9.47 Å². The molecular weight excluding hydrogens is 248 g/mol. The van der Waals surface area contributed by atoms with Crippen LogP contribution in [-0.2, 0) is 9.47 Å². The molecule has 0 spiro atoms. The molecule has 4 nitrogen and oxygen atoms in total. The predicted octanol–water partition coefficient (Wildman–Crippen LogP) is 2.38. The zero-order chi connectivity index (χ0) is 12.6. The van der Waals surface area contributed by atoms with E-state index in [-0.39, 0.29) is 0 Å². The summed E-state index contributed by atoms with van der Waals surface area (Å²) >= 11 is 1.69. The molecule has 2 rings (SSSR count). The van der Waals surface area contributed by atoms with Gasteiger partial charge in [0.25, 0.3) is 0 Å². The third-order valence-corrected chi connectivity index (χ3v) is 4.02. The maximum Gasteiger partial charge on any atom is 0.109 e. The Hall–Kier alpha value is -0.490. The third kappa shape index (κ3) is 4.65. The molecule has 1 aliphatic rings. The SMILES string of the molecule is CC(NCCCOCC1CCCO1)c1nccs1. The van der Waals surface area contributed by atoms with Crippen molar-refractivity contribution >= 4 is 11.3 Å². The lowest BCUT2D eigenvalue weighted by atomic mass is 10.2. The van der Waals surface area contributed by atoms with E-state index in [9.17, 15) is 0 Å². The number of hydrogen-bond acceptors (Lipinski definition) is 5. The first-order valence-corrected chi connectivity index (χ1v) is 7.56. The minimum Gasteiger partial charge on any atom is -0.379 e. The van der Waals surface area contributed by atoms with Crippen LogP contribution in [0.2, 0.25) is 0 Å². The summed E-state index contributed by atoms with van der Waals surface area (Å²) < 4.78 is 11.1. The van der Waals surface area contributed by atoms with Crippen LogP contribution in [0.3, 0.4) is 0 Å². The van der Waals surface area contributed by atoms with Gasteiger partial charge in [-0.25, -0.2) is 4.98 Å². The Morgan fingerprint density at radius 1 is 1.67 bits per heavy atom. The molecule has 0 aromatic carbocycles. The second-order valence-electron chi connectivity index (χ2n) is 4.61. The Bertz CT molecular complexity index is 313. The van der Waals surface area contributed by atoms with Gasteiger partial charge in [-0.1, -0.05) is 0 Å². The van der Waals surface area contributed by atoms with Crippen LogP contribution in [0.5, 0.6) is 0 Å². The lowest BCUT2D eigenvalue weighted by Gasteiger charge is -2.12. The maximum absolute atomic E-state index is 5.61. The summed E-state index contributed by atoms with van der Waals surface area (Å²) in [4.78, 5) is 4.29. The molecule has 18 heavy (non-hydrogen) atoms. The summed E-state index contributed by atoms with van der Waals surface area (Å²) in [6, 6.07) is 0.336. The van der Waals surface area contributed by atoms with Crippen LogP contribution in [0.25, 0.3) is 0 Å². The summed E-state index contributed by atoms with van der Waals surface area (Å²) in [7, 11) is 0. The third-order valence-electron chi connectivity index (χ3n) is 3.07. The van der Waals surface area contributed by atoms with Gasteiger partial charge in [0.1, 0.15) is 5.01 Å². The number of ether oxygens (including phenoxy) is 2. The highest BCUT2D eigenvalue weighted by molar-refractivity contribution is 7.09. The van der Waals surface area contributed by atoms with E-state index in [2.05, 4.69) is 17.2 Å². The number of thiazole rings is 1. The van der Waals surface area contributed by atoms with Crippen molar-refractivity contribution in [2.24, 2.45) is 0 Å². The molecule has 1 N–H and O–H groups in total. The van der Waals surface area contributed by atoms with Crippen molar-refractivity contribution in [1.29, 1.82) is 0 Å². The van der Waals surface area contributed by atoms with Crippen LogP contribution < -0.4 is 5.32 Å². The molecule has 1 fully saturated rings. The van der Waals surface area contributed by atoms with E-state index in [1.807, 2.05) is 11.6 Å². The van der Waals surface area contributed by atoms with Crippen LogP contribution in [0.4, 0.5) is 0 Å². The molecule has 1 aromatic heterocycles. The second kappa shape index (κ2) is 7.84. The lowest BCUT2D eigenvalue weighted by molar-refractivity contribution is 0.0165. The number of aromatic nitrogens is 1. The molecule has 102 valence electrons. The molecule has 2 atom stereocenters. The van der Waals surface area contributed by atoms with Crippen molar-refractivity contribution in [3.8, 4) is 0 Å². The topological polar surface area (TPSA) is 43.4 Å². The molecule has 2 heterocycles. The van der Waals surface area contributed by atoms with E-state index in [0.29, 0.717) is 12.1 Å². The molecule has 0 radical (unpaired) electrons. The fourth-order valence-corrected chi connectivity index (χ4v) is 2.69. The minimum absolute atomic E-state index is 0.336. The van der Waals surface area contributed by atoms with Gasteiger partial charge in [-0.15, -0.1) is 11.3 Å². The van der Waals surface area contributed by atoms with E-state index in [0.717, 1.165) is 44.2 Å². The van der Waals surface area contributed by atoms with E-state index in [1.54, 1.807) is 11.3 Å². The summed E-state index contributed by atoms with van der Waals surface area (Å²) in [6.07, 6.45) is 5.55. The molecule has 0 amide bonds. The van der Waals surface area contributed by atoms with Gasteiger partial charge < -0.3 is 14.8 Å². The summed E-state index contributed by atoms with van der Waals surface area (Å²) in [5.74, 6) is 0. The smallest absolute Gasteiger partial charge is 0.109 e. The fraction of sp³-hybridized carbons (Fsp3) is 0.769. The number of nitrogens with one attached hydrogen (secondary N) is 1. The monoisotopic (exact) mass is 270 g/mol. The van der Waals surface area contributed by atoms with Crippen molar-refractivity contribution in [2.45, 2.75) is 38.3 Å². The molecule has 0 saturated carbocycles. The van der Waals surface area contributed by atoms with Crippen molar-refractivity contribution in [3.63, 3.8) is 0 Å². The highest BCUT2D eigenvalue weighted by Gasteiger charge is 2.14. The van der Waals surface area contributed by atoms with Crippen molar-refractivity contribution in [2.75, 3.05) is 26.4 Å². The zero-order valence-corrected chi connectivity index (χ0v) is 11.7. The fourth-order valence-electron chi connectivity index (χ4n) is 2.02. The van der Waals surface area contributed by atoms with Crippen molar-refractivity contribution in [3.05, 3.63) is 16.6 Å². The first-order chi connectivity index (χ1) is 8.86. The molecule has 5 heteroatoms. The molecule has 0 aliphatic carbocycles. The largest absolute Gasteiger partial charge is 0.379 e. The average Bonchev–Trinajstić information content (AvgIpc) is 3.05. The van der Waals surface area contributed by atoms with Crippen LogP contribution in [0, 0.1) is 0 Å². The van der Waals surface area contributed by atoms with Gasteiger partial charge in [0, 0.05) is 24.8 Å². The number of rotatable bonds is 8.